The van der Waals surface area contributed by atoms with Crippen molar-refractivity contribution < 1.29 is 0 Å². The van der Waals surface area contributed by atoms with Crippen LogP contribution in [0.5, 0.6) is 0 Å². The van der Waals surface area contributed by atoms with E-state index < -0.39 is 0 Å². The highest BCUT2D eigenvalue weighted by Gasteiger charge is 2.31. The van der Waals surface area contributed by atoms with Crippen molar-refractivity contribution in [2.24, 2.45) is 10.1 Å². The Labute approximate surface area is 168 Å². The normalized spacial score (nSPS) is 20.5. The number of nitrogens with zero attached hydrogens (tertiary/aromatic N) is 5. The van der Waals surface area contributed by atoms with Crippen molar-refractivity contribution in [2.75, 3.05) is 33.2 Å². The summed E-state index contributed by atoms with van der Waals surface area (Å²) in [5.41, 5.74) is 5.52. The van der Waals surface area contributed by atoms with Crippen molar-refractivity contribution in [2.45, 2.75) is 40.5 Å². The van der Waals surface area contributed by atoms with Crippen LogP contribution in [0.2, 0.25) is 5.02 Å². The van der Waals surface area contributed by atoms with Gasteiger partial charge in [0.15, 0.2) is 0 Å². The summed E-state index contributed by atoms with van der Waals surface area (Å²) in [5.74, 6) is 0.925. The van der Waals surface area contributed by atoms with E-state index in [1.54, 1.807) is 0 Å². The zero-order chi connectivity index (χ0) is 19.6. The van der Waals surface area contributed by atoms with Gasteiger partial charge in [-0.3, -0.25) is 0 Å². The van der Waals surface area contributed by atoms with E-state index in [0.29, 0.717) is 0 Å². The second kappa shape index (κ2) is 8.44. The van der Waals surface area contributed by atoms with Gasteiger partial charge in [-0.15, -0.1) is 0 Å². The van der Waals surface area contributed by atoms with Gasteiger partial charge in [0.25, 0.3) is 0 Å². The minimum atomic E-state index is 0.726. The molecule has 0 spiro atoms. The van der Waals surface area contributed by atoms with Crippen molar-refractivity contribution in [3.8, 4) is 0 Å². The highest BCUT2D eigenvalue weighted by molar-refractivity contribution is 6.31. The van der Waals surface area contributed by atoms with Crippen LogP contribution in [0.3, 0.4) is 0 Å². The molecule has 0 amide bonds. The van der Waals surface area contributed by atoms with Gasteiger partial charge in [0.05, 0.1) is 11.4 Å². The Hall–Kier alpha value is -1.85. The Bertz CT molecular complexity index is 788. The summed E-state index contributed by atoms with van der Waals surface area (Å²) in [6.07, 6.45) is 1.86. The van der Waals surface area contributed by atoms with Crippen molar-refractivity contribution in [1.29, 1.82) is 0 Å². The van der Waals surface area contributed by atoms with Crippen molar-refractivity contribution in [3.63, 3.8) is 0 Å². The fraction of sp³-hybridized carbons (Fsp3) is 0.524. The Balaban J connectivity index is 2.17. The molecule has 0 aromatic heterocycles. The first-order valence-corrected chi connectivity index (χ1v) is 10.2. The van der Waals surface area contributed by atoms with E-state index >= 15 is 0 Å². The number of halogens is 1. The SMILES string of the molecule is CCC(C)=C1c2cc(Cl)ccc2N=C(N2CCN(C)CC2)N1/N=C(\C)CC. The number of piperazine rings is 1. The number of hydrogen-bond donors (Lipinski definition) is 0. The summed E-state index contributed by atoms with van der Waals surface area (Å²) >= 11 is 6.33. The molecular weight excluding hydrogens is 358 g/mol. The Kier molecular flexibility index (Phi) is 6.22. The molecule has 0 aliphatic carbocycles. The van der Waals surface area contributed by atoms with Crippen LogP contribution in [0.1, 0.15) is 46.1 Å². The molecule has 0 N–H and O–H groups in total. The van der Waals surface area contributed by atoms with Gasteiger partial charge in [-0.2, -0.15) is 10.1 Å². The number of fused-ring (bicyclic) bond motifs is 1. The third-order valence-electron chi connectivity index (χ3n) is 5.34. The standard InChI is InChI=1S/C21H30ClN5/c1-6-15(3)20-18-14-17(22)8-9-19(18)23-21(27(20)24-16(4)7-2)26-12-10-25(5)11-13-26/h8-9,14H,6-7,10-13H2,1-5H3/b20-15?,24-16+. The number of likely N-dealkylation sites (N-methyl/N-ethyl adjacent to an activating group) is 1. The zero-order valence-electron chi connectivity index (χ0n) is 17.1. The van der Waals surface area contributed by atoms with Crippen LogP contribution in [-0.2, 0) is 0 Å². The molecule has 1 aromatic carbocycles. The van der Waals surface area contributed by atoms with Crippen molar-refractivity contribution >= 4 is 34.7 Å². The molecule has 2 heterocycles. The van der Waals surface area contributed by atoms with E-state index in [0.717, 1.165) is 72.7 Å². The summed E-state index contributed by atoms with van der Waals surface area (Å²) in [4.78, 5) is 9.73. The summed E-state index contributed by atoms with van der Waals surface area (Å²) in [5, 5.41) is 7.76. The first-order chi connectivity index (χ1) is 12.9. The molecule has 5 nitrogen and oxygen atoms in total. The molecule has 0 saturated carbocycles. The molecule has 6 heteroatoms. The van der Waals surface area contributed by atoms with Crippen molar-refractivity contribution in [3.05, 3.63) is 34.4 Å². The average molecular weight is 388 g/mol. The number of aliphatic imine (C=N–C) groups is 1. The van der Waals surface area contributed by atoms with Gasteiger partial charge in [0, 0.05) is 42.5 Å². The third kappa shape index (κ3) is 4.19. The monoisotopic (exact) mass is 387 g/mol. The zero-order valence-corrected chi connectivity index (χ0v) is 17.8. The molecule has 2 aliphatic heterocycles. The molecule has 1 fully saturated rings. The maximum atomic E-state index is 6.33. The molecule has 27 heavy (non-hydrogen) atoms. The fourth-order valence-electron chi connectivity index (χ4n) is 3.29. The summed E-state index contributed by atoms with van der Waals surface area (Å²) in [6.45, 7) is 12.5. The second-order valence-electron chi connectivity index (χ2n) is 7.35. The number of hydrogen-bond acceptors (Lipinski definition) is 5. The lowest BCUT2D eigenvalue weighted by Gasteiger charge is -2.40. The van der Waals surface area contributed by atoms with Crippen molar-refractivity contribution in [1.82, 2.24) is 14.8 Å². The quantitative estimate of drug-likeness (QED) is 0.697. The largest absolute Gasteiger partial charge is 0.338 e. The third-order valence-corrected chi connectivity index (χ3v) is 5.57. The van der Waals surface area contributed by atoms with E-state index in [-0.39, 0.29) is 0 Å². The first-order valence-electron chi connectivity index (χ1n) is 9.80. The van der Waals surface area contributed by atoms with E-state index in [2.05, 4.69) is 49.6 Å². The predicted octanol–water partition coefficient (Wildman–Crippen LogP) is 4.82. The van der Waals surface area contributed by atoms with Gasteiger partial charge in [-0.05, 0) is 57.5 Å². The minimum absolute atomic E-state index is 0.726. The first kappa shape index (κ1) is 19.9. The lowest BCUT2D eigenvalue weighted by molar-refractivity contribution is 0.203. The molecule has 2 aliphatic rings. The lowest BCUT2D eigenvalue weighted by atomic mass is 10.0. The summed E-state index contributed by atoms with van der Waals surface area (Å²) < 4.78 is 0. The van der Waals surface area contributed by atoms with Gasteiger partial charge in [0.1, 0.15) is 0 Å². The molecule has 0 atom stereocenters. The maximum Gasteiger partial charge on any atom is 0.227 e. The number of rotatable bonds is 3. The molecule has 0 radical (unpaired) electrons. The molecule has 0 bridgehead atoms. The Morgan fingerprint density at radius 3 is 2.44 bits per heavy atom. The minimum Gasteiger partial charge on any atom is -0.338 e. The van der Waals surface area contributed by atoms with E-state index in [1.807, 2.05) is 18.2 Å². The number of guanidine groups is 1. The molecule has 1 aromatic rings. The van der Waals surface area contributed by atoms with Gasteiger partial charge in [-0.1, -0.05) is 25.4 Å². The van der Waals surface area contributed by atoms with E-state index in [4.69, 9.17) is 21.7 Å². The number of benzene rings is 1. The lowest BCUT2D eigenvalue weighted by Crippen LogP contribution is -2.51. The summed E-state index contributed by atoms with van der Waals surface area (Å²) in [7, 11) is 2.17. The molecule has 1 saturated heterocycles. The van der Waals surface area contributed by atoms with Gasteiger partial charge >= 0.3 is 0 Å². The predicted molar refractivity (Wildman–Crippen MR) is 116 cm³/mol. The molecular formula is C21H30ClN5. The Morgan fingerprint density at radius 1 is 1.11 bits per heavy atom. The van der Waals surface area contributed by atoms with Gasteiger partial charge in [0.2, 0.25) is 5.96 Å². The van der Waals surface area contributed by atoms with Crippen LogP contribution >= 0.6 is 11.6 Å². The Morgan fingerprint density at radius 2 is 1.81 bits per heavy atom. The van der Waals surface area contributed by atoms with Crippen LogP contribution in [0.4, 0.5) is 5.69 Å². The maximum absolute atomic E-state index is 6.33. The number of allylic oxidation sites excluding steroid dienone is 1. The smallest absolute Gasteiger partial charge is 0.227 e. The van der Waals surface area contributed by atoms with Crippen LogP contribution < -0.4 is 0 Å². The van der Waals surface area contributed by atoms with Gasteiger partial charge in [-0.25, -0.2) is 4.99 Å². The highest BCUT2D eigenvalue weighted by atomic mass is 35.5. The molecule has 3 rings (SSSR count). The van der Waals surface area contributed by atoms with E-state index in [1.165, 1.54) is 5.57 Å². The van der Waals surface area contributed by atoms with Crippen LogP contribution in [0.25, 0.3) is 5.70 Å². The average Bonchev–Trinajstić information content (AvgIpc) is 2.67. The highest BCUT2D eigenvalue weighted by Crippen LogP contribution is 2.39. The van der Waals surface area contributed by atoms with E-state index in [9.17, 15) is 0 Å². The van der Waals surface area contributed by atoms with Crippen LogP contribution in [0, 0.1) is 0 Å². The summed E-state index contributed by atoms with van der Waals surface area (Å²) in [6, 6.07) is 5.95. The van der Waals surface area contributed by atoms with Crippen LogP contribution in [0.15, 0.2) is 33.9 Å². The fourth-order valence-corrected chi connectivity index (χ4v) is 3.46. The topological polar surface area (TPSA) is 34.4 Å². The van der Waals surface area contributed by atoms with Gasteiger partial charge < -0.3 is 9.80 Å². The molecule has 146 valence electrons. The second-order valence-corrected chi connectivity index (χ2v) is 7.78. The number of hydrazone groups is 1. The van der Waals surface area contributed by atoms with Crippen LogP contribution in [-0.4, -0.2) is 59.7 Å². The molecule has 0 unspecified atom stereocenters.